The zero-order valence-corrected chi connectivity index (χ0v) is 9.95. The Hall–Kier alpha value is -1.30. The molecule has 0 aliphatic heterocycles. The number of halogens is 3. The lowest BCUT2D eigenvalue weighted by Crippen LogP contribution is -2.29. The number of alkyl halides is 3. The summed E-state index contributed by atoms with van der Waals surface area (Å²) in [5, 5.41) is 0. The summed E-state index contributed by atoms with van der Waals surface area (Å²) in [7, 11) is 0. The van der Waals surface area contributed by atoms with E-state index in [9.17, 15) is 13.2 Å². The van der Waals surface area contributed by atoms with Crippen molar-refractivity contribution in [2.45, 2.75) is 31.5 Å². The lowest BCUT2D eigenvalue weighted by atomic mass is 10.2. The Balaban J connectivity index is 2.11. The molecule has 1 aliphatic carbocycles. The fourth-order valence-corrected chi connectivity index (χ4v) is 1.86. The van der Waals surface area contributed by atoms with Crippen molar-refractivity contribution in [3.63, 3.8) is 0 Å². The summed E-state index contributed by atoms with van der Waals surface area (Å²) < 4.78 is 37.3. The number of pyridine rings is 1. The smallest absolute Gasteiger partial charge is 0.354 e. The van der Waals surface area contributed by atoms with Crippen molar-refractivity contribution in [2.75, 3.05) is 18.0 Å². The molecule has 0 amide bonds. The number of nitrogens with zero attached hydrogens (tertiary/aromatic N) is 2. The Morgan fingerprint density at radius 3 is 2.50 bits per heavy atom. The summed E-state index contributed by atoms with van der Waals surface area (Å²) in [6.45, 7) is 1.32. The van der Waals surface area contributed by atoms with E-state index in [2.05, 4.69) is 4.98 Å². The summed E-state index contributed by atoms with van der Waals surface area (Å²) in [6, 6.07) is 2.94. The molecule has 0 spiro atoms. The van der Waals surface area contributed by atoms with Crippen molar-refractivity contribution >= 4 is 5.82 Å². The summed E-state index contributed by atoms with van der Waals surface area (Å²) in [4.78, 5) is 5.97. The predicted molar refractivity (Wildman–Crippen MR) is 63.3 cm³/mol. The molecule has 0 aromatic carbocycles. The first-order valence-corrected chi connectivity index (χ1v) is 6.02. The highest BCUT2D eigenvalue weighted by atomic mass is 19.4. The van der Waals surface area contributed by atoms with Gasteiger partial charge in [-0.2, -0.15) is 13.2 Å². The summed E-state index contributed by atoms with van der Waals surface area (Å²) in [5.41, 5.74) is 4.75. The van der Waals surface area contributed by atoms with Gasteiger partial charge in [-0.25, -0.2) is 4.98 Å². The Bertz CT molecular complexity index is 385. The molecule has 1 fully saturated rings. The first kappa shape index (κ1) is 13.1. The predicted octanol–water partition coefficient (Wildman–Crippen LogP) is 2.42. The van der Waals surface area contributed by atoms with Gasteiger partial charge in [-0.05, 0) is 37.9 Å². The van der Waals surface area contributed by atoms with Gasteiger partial charge in [0.1, 0.15) is 5.82 Å². The van der Waals surface area contributed by atoms with Crippen LogP contribution in [0.3, 0.4) is 0 Å². The standard InChI is InChI=1S/C12H16F3N3/c13-12(14,15)9-2-5-11(17-8-9)18(7-1-6-16)10-3-4-10/h2,5,8,10H,1,3-4,6-7,16H2. The fraction of sp³-hybridized carbons (Fsp3) is 0.583. The molecule has 18 heavy (non-hydrogen) atoms. The summed E-state index contributed by atoms with van der Waals surface area (Å²) >= 11 is 0. The van der Waals surface area contributed by atoms with E-state index in [4.69, 9.17) is 5.73 Å². The van der Waals surface area contributed by atoms with Crippen molar-refractivity contribution in [3.8, 4) is 0 Å². The SMILES string of the molecule is NCCCN(c1ccc(C(F)(F)F)cn1)C1CC1. The van der Waals surface area contributed by atoms with Crippen LogP contribution < -0.4 is 10.6 Å². The normalized spacial score (nSPS) is 15.8. The Labute approximate surface area is 104 Å². The molecule has 2 rings (SSSR count). The third kappa shape index (κ3) is 3.13. The van der Waals surface area contributed by atoms with E-state index in [1.54, 1.807) is 0 Å². The molecule has 3 nitrogen and oxygen atoms in total. The highest BCUT2D eigenvalue weighted by Crippen LogP contribution is 2.33. The first-order valence-electron chi connectivity index (χ1n) is 6.02. The van der Waals surface area contributed by atoms with E-state index < -0.39 is 11.7 Å². The highest BCUT2D eigenvalue weighted by molar-refractivity contribution is 5.42. The number of anilines is 1. The number of hydrogen-bond acceptors (Lipinski definition) is 3. The molecule has 1 aliphatic rings. The molecule has 1 saturated carbocycles. The van der Waals surface area contributed by atoms with E-state index in [1.807, 2.05) is 4.90 Å². The molecule has 0 radical (unpaired) electrons. The van der Waals surface area contributed by atoms with Gasteiger partial charge in [0, 0.05) is 18.8 Å². The minimum Gasteiger partial charge on any atom is -0.354 e. The van der Waals surface area contributed by atoms with Crippen LogP contribution in [-0.4, -0.2) is 24.1 Å². The largest absolute Gasteiger partial charge is 0.417 e. The average Bonchev–Trinajstić information content (AvgIpc) is 3.13. The van der Waals surface area contributed by atoms with E-state index in [1.165, 1.54) is 6.07 Å². The molecule has 0 atom stereocenters. The molecule has 1 aromatic rings. The van der Waals surface area contributed by atoms with E-state index >= 15 is 0 Å². The molecule has 0 bridgehead atoms. The molecule has 1 aromatic heterocycles. The zero-order valence-electron chi connectivity index (χ0n) is 9.95. The maximum Gasteiger partial charge on any atom is 0.417 e. The van der Waals surface area contributed by atoms with Crippen molar-refractivity contribution < 1.29 is 13.2 Å². The van der Waals surface area contributed by atoms with Crippen molar-refractivity contribution in [1.82, 2.24) is 4.98 Å². The van der Waals surface area contributed by atoms with Gasteiger partial charge in [0.15, 0.2) is 0 Å². The van der Waals surface area contributed by atoms with Gasteiger partial charge >= 0.3 is 6.18 Å². The van der Waals surface area contributed by atoms with Crippen LogP contribution in [0.15, 0.2) is 18.3 Å². The van der Waals surface area contributed by atoms with Crippen LogP contribution >= 0.6 is 0 Å². The number of nitrogens with two attached hydrogens (primary N) is 1. The molecule has 0 unspecified atom stereocenters. The first-order chi connectivity index (χ1) is 8.52. The van der Waals surface area contributed by atoms with Gasteiger partial charge in [-0.1, -0.05) is 0 Å². The minimum atomic E-state index is -4.33. The van der Waals surface area contributed by atoms with Crippen molar-refractivity contribution in [2.24, 2.45) is 5.73 Å². The number of aromatic nitrogens is 1. The van der Waals surface area contributed by atoms with Gasteiger partial charge in [-0.15, -0.1) is 0 Å². The molecule has 2 N–H and O–H groups in total. The van der Waals surface area contributed by atoms with Crippen LogP contribution in [0.1, 0.15) is 24.8 Å². The highest BCUT2D eigenvalue weighted by Gasteiger charge is 2.32. The maximum absolute atomic E-state index is 12.4. The molecular formula is C12H16F3N3. The van der Waals surface area contributed by atoms with Gasteiger partial charge in [0.05, 0.1) is 5.56 Å². The Morgan fingerprint density at radius 2 is 2.06 bits per heavy atom. The quantitative estimate of drug-likeness (QED) is 0.883. The lowest BCUT2D eigenvalue weighted by Gasteiger charge is -2.23. The molecular weight excluding hydrogens is 243 g/mol. The Morgan fingerprint density at radius 1 is 1.33 bits per heavy atom. The summed E-state index contributed by atoms with van der Waals surface area (Å²) in [5.74, 6) is 0.610. The third-order valence-corrected chi connectivity index (χ3v) is 2.96. The monoisotopic (exact) mass is 259 g/mol. The molecule has 1 heterocycles. The van der Waals surface area contributed by atoms with Crippen molar-refractivity contribution in [3.05, 3.63) is 23.9 Å². The Kier molecular flexibility index (Phi) is 3.75. The second-order valence-electron chi connectivity index (χ2n) is 4.47. The van der Waals surface area contributed by atoms with Gasteiger partial charge in [0.25, 0.3) is 0 Å². The minimum absolute atomic E-state index is 0.417. The van der Waals surface area contributed by atoms with Crippen molar-refractivity contribution in [1.29, 1.82) is 0 Å². The van der Waals surface area contributed by atoms with E-state index in [-0.39, 0.29) is 0 Å². The van der Waals surface area contributed by atoms with Gasteiger partial charge in [0.2, 0.25) is 0 Å². The average molecular weight is 259 g/mol. The number of hydrogen-bond donors (Lipinski definition) is 1. The summed E-state index contributed by atoms with van der Waals surface area (Å²) in [6.07, 6.45) is -0.458. The number of rotatable bonds is 5. The zero-order chi connectivity index (χ0) is 13.2. The van der Waals surface area contributed by atoms with Crippen LogP contribution in [0.5, 0.6) is 0 Å². The van der Waals surface area contributed by atoms with Crippen LogP contribution in [0.4, 0.5) is 19.0 Å². The van der Waals surface area contributed by atoms with Crippen LogP contribution in [-0.2, 0) is 6.18 Å². The lowest BCUT2D eigenvalue weighted by molar-refractivity contribution is -0.137. The van der Waals surface area contributed by atoms with Gasteiger partial charge < -0.3 is 10.6 Å². The maximum atomic E-state index is 12.4. The molecule has 100 valence electrons. The van der Waals surface area contributed by atoms with Gasteiger partial charge in [-0.3, -0.25) is 0 Å². The van der Waals surface area contributed by atoms with Crippen LogP contribution in [0.2, 0.25) is 0 Å². The molecule has 0 saturated heterocycles. The van der Waals surface area contributed by atoms with Crippen LogP contribution in [0, 0.1) is 0 Å². The second-order valence-corrected chi connectivity index (χ2v) is 4.47. The fourth-order valence-electron chi connectivity index (χ4n) is 1.86. The van der Waals surface area contributed by atoms with E-state index in [0.717, 1.165) is 38.1 Å². The van der Waals surface area contributed by atoms with Crippen LogP contribution in [0.25, 0.3) is 0 Å². The van der Waals surface area contributed by atoms with E-state index in [0.29, 0.717) is 18.4 Å². The third-order valence-electron chi connectivity index (χ3n) is 2.96. The molecule has 6 heteroatoms. The second kappa shape index (κ2) is 5.14. The topological polar surface area (TPSA) is 42.1 Å².